The van der Waals surface area contributed by atoms with Crippen LogP contribution in [0.3, 0.4) is 0 Å². The number of carbonyl (C=O) groups is 1. The highest BCUT2D eigenvalue weighted by Crippen LogP contribution is 2.39. The summed E-state index contributed by atoms with van der Waals surface area (Å²) >= 11 is 0. The van der Waals surface area contributed by atoms with Gasteiger partial charge in [-0.05, 0) is 75.1 Å². The number of carbonyl (C=O) groups excluding carboxylic acids is 1. The lowest BCUT2D eigenvalue weighted by atomic mass is 9.92. The van der Waals surface area contributed by atoms with Gasteiger partial charge in [-0.25, -0.2) is 4.79 Å². The predicted octanol–water partition coefficient (Wildman–Crippen LogP) is 10.6. The van der Waals surface area contributed by atoms with E-state index in [1.165, 1.54) is 0 Å². The highest BCUT2D eigenvalue weighted by atomic mass is 28.4. The molecule has 5 nitrogen and oxygen atoms in total. The van der Waals surface area contributed by atoms with Crippen molar-refractivity contribution in [3.8, 4) is 0 Å². The Labute approximate surface area is 271 Å². The van der Waals surface area contributed by atoms with Crippen LogP contribution in [-0.4, -0.2) is 52.0 Å². The van der Waals surface area contributed by atoms with E-state index in [2.05, 4.69) is 98.0 Å². The Morgan fingerprint density at radius 2 is 1.39 bits per heavy atom. The fraction of sp³-hybridized carbons (Fsp3) is 0.595. The van der Waals surface area contributed by atoms with E-state index in [4.69, 9.17) is 13.6 Å². The minimum atomic E-state index is -2.14. The van der Waals surface area contributed by atoms with Crippen molar-refractivity contribution in [3.05, 3.63) is 77.9 Å². The molecule has 0 aromatic heterocycles. The average Bonchev–Trinajstić information content (AvgIpc) is 2.95. The van der Waals surface area contributed by atoms with E-state index < -0.39 is 22.2 Å². The second-order valence-electron chi connectivity index (χ2n) is 14.7. The van der Waals surface area contributed by atoms with Crippen LogP contribution in [0.15, 0.2) is 66.7 Å². The second-order valence-corrected chi connectivity index (χ2v) is 24.2. The van der Waals surface area contributed by atoms with Gasteiger partial charge in [0.2, 0.25) is 0 Å². The molecule has 0 aliphatic rings. The minimum Gasteiger partial charge on any atom is -0.444 e. The van der Waals surface area contributed by atoms with Crippen LogP contribution in [0.2, 0.25) is 36.3 Å². The van der Waals surface area contributed by atoms with Gasteiger partial charge < -0.3 is 13.6 Å². The number of amides is 1. The predicted molar refractivity (Wildman–Crippen MR) is 192 cm³/mol. The van der Waals surface area contributed by atoms with E-state index in [0.29, 0.717) is 13.2 Å². The van der Waals surface area contributed by atoms with Crippen molar-refractivity contribution in [1.29, 1.82) is 0 Å². The molecule has 2 rings (SSSR count). The number of nitrogens with zero attached hydrogens (tertiary/aromatic N) is 1. The normalized spacial score (nSPS) is 15.2. The molecular weight excluding hydrogens is 579 g/mol. The first-order chi connectivity index (χ1) is 20.5. The monoisotopic (exact) mass is 639 g/mol. The molecule has 2 aromatic carbocycles. The molecule has 0 bridgehead atoms. The van der Waals surface area contributed by atoms with E-state index in [9.17, 15) is 4.79 Å². The SMILES string of the molecule is CC[Si](CC)(CC)OC[C@H]([C@H](C)O[Si](C)(C)C(C)(C)C)[C@H](/C=C/c1ccccc1)N(Cc1ccccc1)C(=O)OC(C)(C)C. The first-order valence-electron chi connectivity index (χ1n) is 16.6. The standard InChI is InChI=1S/C37H61NO4Si2/c1-13-44(14-2,15-3)40-29-33(30(4)42-43(11,12)37(8,9)10)34(27-26-31-22-18-16-19-23-31)38(35(39)41-36(5,6)7)28-32-24-20-17-21-25-32/h16-27,30,33-34H,13-15,28-29H2,1-12H3/b27-26+/t30-,33+,34-/m0/s1. The molecule has 44 heavy (non-hydrogen) atoms. The van der Waals surface area contributed by atoms with Gasteiger partial charge >= 0.3 is 6.09 Å². The van der Waals surface area contributed by atoms with Crippen molar-refractivity contribution in [2.75, 3.05) is 6.61 Å². The van der Waals surface area contributed by atoms with Crippen LogP contribution in [0.1, 0.15) is 80.4 Å². The maximum atomic E-state index is 14.2. The number of hydrogen-bond donors (Lipinski definition) is 0. The summed E-state index contributed by atoms with van der Waals surface area (Å²) < 4.78 is 20.2. The highest BCUT2D eigenvalue weighted by molar-refractivity contribution is 6.74. The Morgan fingerprint density at radius 3 is 1.86 bits per heavy atom. The fourth-order valence-corrected chi connectivity index (χ4v) is 9.33. The molecule has 0 aliphatic carbocycles. The van der Waals surface area contributed by atoms with Crippen molar-refractivity contribution < 1.29 is 18.4 Å². The van der Waals surface area contributed by atoms with Crippen LogP contribution in [0.4, 0.5) is 4.79 Å². The summed E-state index contributed by atoms with van der Waals surface area (Å²) in [4.78, 5) is 16.1. The van der Waals surface area contributed by atoms with E-state index in [-0.39, 0.29) is 29.2 Å². The van der Waals surface area contributed by atoms with Gasteiger partial charge in [0.05, 0.1) is 6.04 Å². The van der Waals surface area contributed by atoms with Gasteiger partial charge in [0.1, 0.15) is 5.60 Å². The topological polar surface area (TPSA) is 48.0 Å². The molecule has 0 spiro atoms. The van der Waals surface area contributed by atoms with Crippen molar-refractivity contribution in [3.63, 3.8) is 0 Å². The van der Waals surface area contributed by atoms with Gasteiger partial charge in [-0.3, -0.25) is 4.90 Å². The van der Waals surface area contributed by atoms with Crippen LogP contribution in [-0.2, 0) is 20.1 Å². The molecule has 0 saturated heterocycles. The summed E-state index contributed by atoms with van der Waals surface area (Å²) in [7, 11) is -4.07. The van der Waals surface area contributed by atoms with Crippen molar-refractivity contribution in [2.45, 2.75) is 130 Å². The molecule has 0 aliphatic heterocycles. The number of ether oxygens (including phenoxy) is 1. The average molecular weight is 640 g/mol. The molecule has 3 atom stereocenters. The molecule has 0 fully saturated rings. The third-order valence-corrected chi connectivity index (χ3v) is 18.5. The summed E-state index contributed by atoms with van der Waals surface area (Å²) in [5.74, 6) is -0.114. The number of rotatable bonds is 15. The maximum Gasteiger partial charge on any atom is 0.411 e. The maximum absolute atomic E-state index is 14.2. The van der Waals surface area contributed by atoms with Crippen LogP contribution < -0.4 is 0 Å². The number of hydrogen-bond acceptors (Lipinski definition) is 4. The van der Waals surface area contributed by atoms with Gasteiger partial charge in [0.15, 0.2) is 16.6 Å². The molecule has 0 heterocycles. The largest absolute Gasteiger partial charge is 0.444 e. The molecular formula is C37H61NO4Si2. The minimum absolute atomic E-state index is 0.0473. The molecule has 1 amide bonds. The summed E-state index contributed by atoms with van der Waals surface area (Å²) in [6.07, 6.45) is 3.82. The van der Waals surface area contributed by atoms with Crippen LogP contribution >= 0.6 is 0 Å². The second kappa shape index (κ2) is 16.4. The first kappa shape index (κ1) is 38.0. The Balaban J connectivity index is 2.75. The first-order valence-corrected chi connectivity index (χ1v) is 22.0. The van der Waals surface area contributed by atoms with Gasteiger partial charge in [0.25, 0.3) is 0 Å². The van der Waals surface area contributed by atoms with E-state index >= 15 is 0 Å². The zero-order chi connectivity index (χ0) is 33.2. The Kier molecular flexibility index (Phi) is 14.2. The van der Waals surface area contributed by atoms with Crippen LogP contribution in [0.5, 0.6) is 0 Å². The van der Waals surface area contributed by atoms with E-state index in [0.717, 1.165) is 29.3 Å². The summed E-state index contributed by atoms with van der Waals surface area (Å²) in [6, 6.07) is 23.3. The fourth-order valence-electron chi connectivity index (χ4n) is 5.21. The Bertz CT molecular complexity index is 1140. The quantitative estimate of drug-likeness (QED) is 0.182. The van der Waals surface area contributed by atoms with Gasteiger partial charge in [-0.1, -0.05) is 114 Å². The molecule has 246 valence electrons. The van der Waals surface area contributed by atoms with Gasteiger partial charge in [0, 0.05) is 25.2 Å². The molecule has 0 N–H and O–H groups in total. The zero-order valence-electron chi connectivity index (χ0n) is 29.8. The third-order valence-electron chi connectivity index (χ3n) is 9.31. The highest BCUT2D eigenvalue weighted by Gasteiger charge is 2.43. The van der Waals surface area contributed by atoms with Crippen molar-refractivity contribution in [2.24, 2.45) is 5.92 Å². The Hall–Kier alpha value is -2.20. The van der Waals surface area contributed by atoms with Crippen LogP contribution in [0, 0.1) is 5.92 Å². The third kappa shape index (κ3) is 11.3. The van der Waals surface area contributed by atoms with Crippen molar-refractivity contribution >= 4 is 28.8 Å². The van der Waals surface area contributed by atoms with Crippen molar-refractivity contribution in [1.82, 2.24) is 4.90 Å². The summed E-state index contributed by atoms with van der Waals surface area (Å²) in [5, 5.41) is 0.0473. The number of benzene rings is 2. The van der Waals surface area contributed by atoms with Gasteiger partial charge in [-0.15, -0.1) is 0 Å². The lowest BCUT2D eigenvalue weighted by Crippen LogP contribution is -2.53. The lowest BCUT2D eigenvalue weighted by molar-refractivity contribution is -0.00381. The lowest BCUT2D eigenvalue weighted by Gasteiger charge is -2.44. The molecule has 0 radical (unpaired) electrons. The Morgan fingerprint density at radius 1 is 0.864 bits per heavy atom. The molecule has 0 unspecified atom stereocenters. The zero-order valence-corrected chi connectivity index (χ0v) is 31.8. The van der Waals surface area contributed by atoms with E-state index in [1.807, 2.05) is 62.1 Å². The molecule has 2 aromatic rings. The summed E-state index contributed by atoms with van der Waals surface area (Å²) in [5.41, 5.74) is 1.50. The summed E-state index contributed by atoms with van der Waals surface area (Å²) in [6.45, 7) is 27.1. The van der Waals surface area contributed by atoms with Crippen LogP contribution in [0.25, 0.3) is 6.08 Å². The molecule has 0 saturated carbocycles. The van der Waals surface area contributed by atoms with Gasteiger partial charge in [-0.2, -0.15) is 0 Å². The smallest absolute Gasteiger partial charge is 0.411 e. The molecule has 7 heteroatoms. The van der Waals surface area contributed by atoms with E-state index in [1.54, 1.807) is 0 Å².